The molecule has 0 radical (unpaired) electrons. The molecule has 0 bridgehead atoms. The lowest BCUT2D eigenvalue weighted by atomic mass is 10.3. The van der Waals surface area contributed by atoms with Crippen molar-refractivity contribution >= 4 is 21.6 Å². The minimum atomic E-state index is -0.330. The van der Waals surface area contributed by atoms with Gasteiger partial charge in [0.1, 0.15) is 11.4 Å². The van der Waals surface area contributed by atoms with Gasteiger partial charge in [0.15, 0.2) is 5.82 Å². The lowest BCUT2D eigenvalue weighted by Crippen LogP contribution is -1.96. The smallest absolute Gasteiger partial charge is 0.151 e. The van der Waals surface area contributed by atoms with Crippen molar-refractivity contribution in [2.75, 3.05) is 19.5 Å². The van der Waals surface area contributed by atoms with Crippen LogP contribution >= 0.6 is 15.9 Å². The number of methoxy groups -OCH3 is 1. The molecule has 1 rings (SSSR count). The molecule has 0 spiro atoms. The summed E-state index contributed by atoms with van der Waals surface area (Å²) >= 11 is 3.17. The van der Waals surface area contributed by atoms with Gasteiger partial charge in [-0.3, -0.25) is 0 Å². The lowest BCUT2D eigenvalue weighted by Gasteiger charge is -2.08. The molecule has 0 fully saturated rings. The summed E-state index contributed by atoms with van der Waals surface area (Å²) in [5.41, 5.74) is 0.376. The number of benzene rings is 1. The van der Waals surface area contributed by atoms with Crippen molar-refractivity contribution in [3.05, 3.63) is 22.4 Å². The molecule has 0 saturated heterocycles. The standard InChI is InChI=1S/C8H9BrFNO/c1-11-8-6(10)3-5(9)4-7(8)12-2/h3-4,11H,1-2H3. The fraction of sp³-hybridized carbons (Fsp3) is 0.250. The number of hydrogen-bond acceptors (Lipinski definition) is 2. The van der Waals surface area contributed by atoms with Crippen molar-refractivity contribution < 1.29 is 9.13 Å². The van der Waals surface area contributed by atoms with Crippen LogP contribution in [0.1, 0.15) is 0 Å². The van der Waals surface area contributed by atoms with Gasteiger partial charge in [-0.2, -0.15) is 0 Å². The predicted molar refractivity (Wildman–Crippen MR) is 50.2 cm³/mol. The number of rotatable bonds is 2. The van der Waals surface area contributed by atoms with E-state index in [1.54, 1.807) is 13.1 Å². The first-order chi connectivity index (χ1) is 5.69. The van der Waals surface area contributed by atoms with Crippen molar-refractivity contribution in [1.82, 2.24) is 0 Å². The zero-order valence-electron chi connectivity index (χ0n) is 6.82. The van der Waals surface area contributed by atoms with Crippen molar-refractivity contribution in [2.24, 2.45) is 0 Å². The predicted octanol–water partition coefficient (Wildman–Crippen LogP) is 2.64. The van der Waals surface area contributed by atoms with E-state index in [-0.39, 0.29) is 5.82 Å². The van der Waals surface area contributed by atoms with Gasteiger partial charge in [0.25, 0.3) is 0 Å². The molecule has 1 aromatic carbocycles. The molecule has 0 atom stereocenters. The van der Waals surface area contributed by atoms with Crippen LogP contribution < -0.4 is 10.1 Å². The first-order valence-corrected chi connectivity index (χ1v) is 4.19. The minimum Gasteiger partial charge on any atom is -0.494 e. The van der Waals surface area contributed by atoms with Crippen LogP contribution in [0.15, 0.2) is 16.6 Å². The first-order valence-electron chi connectivity index (χ1n) is 3.40. The quantitative estimate of drug-likeness (QED) is 0.849. The second-order valence-corrected chi connectivity index (χ2v) is 3.13. The average Bonchev–Trinajstić information content (AvgIpc) is 2.03. The summed E-state index contributed by atoms with van der Waals surface area (Å²) in [5.74, 6) is 0.160. The second-order valence-electron chi connectivity index (χ2n) is 2.21. The van der Waals surface area contributed by atoms with E-state index in [0.717, 1.165) is 0 Å². The van der Waals surface area contributed by atoms with Crippen molar-refractivity contribution in [1.29, 1.82) is 0 Å². The van der Waals surface area contributed by atoms with Crippen LogP contribution in [-0.4, -0.2) is 14.2 Å². The third kappa shape index (κ3) is 1.69. The Morgan fingerprint density at radius 1 is 1.50 bits per heavy atom. The van der Waals surface area contributed by atoms with Crippen molar-refractivity contribution in [2.45, 2.75) is 0 Å². The summed E-state index contributed by atoms with van der Waals surface area (Å²) in [6.07, 6.45) is 0. The lowest BCUT2D eigenvalue weighted by molar-refractivity contribution is 0.413. The van der Waals surface area contributed by atoms with E-state index in [1.807, 2.05) is 0 Å². The van der Waals surface area contributed by atoms with Gasteiger partial charge in [-0.1, -0.05) is 15.9 Å². The normalized spacial score (nSPS) is 9.67. The van der Waals surface area contributed by atoms with E-state index < -0.39 is 0 Å². The van der Waals surface area contributed by atoms with Crippen LogP contribution in [-0.2, 0) is 0 Å². The van der Waals surface area contributed by atoms with Crippen LogP contribution in [0.4, 0.5) is 10.1 Å². The van der Waals surface area contributed by atoms with Gasteiger partial charge in [0.05, 0.1) is 7.11 Å². The molecule has 0 aliphatic carbocycles. The number of nitrogens with one attached hydrogen (secondary N) is 1. The monoisotopic (exact) mass is 233 g/mol. The molecule has 0 amide bonds. The van der Waals surface area contributed by atoms with E-state index in [1.165, 1.54) is 13.2 Å². The molecular formula is C8H9BrFNO. The summed E-state index contributed by atoms with van der Waals surface area (Å²) in [6.45, 7) is 0. The Morgan fingerprint density at radius 2 is 2.17 bits per heavy atom. The highest BCUT2D eigenvalue weighted by Crippen LogP contribution is 2.30. The summed E-state index contributed by atoms with van der Waals surface area (Å²) in [7, 11) is 3.15. The van der Waals surface area contributed by atoms with E-state index in [0.29, 0.717) is 15.9 Å². The van der Waals surface area contributed by atoms with E-state index >= 15 is 0 Å². The second kappa shape index (κ2) is 3.76. The molecule has 66 valence electrons. The largest absolute Gasteiger partial charge is 0.494 e. The average molecular weight is 234 g/mol. The molecule has 1 N–H and O–H groups in total. The highest BCUT2D eigenvalue weighted by molar-refractivity contribution is 9.10. The molecule has 0 aliphatic heterocycles. The SMILES string of the molecule is CNc1c(F)cc(Br)cc1OC. The van der Waals surface area contributed by atoms with Gasteiger partial charge in [0, 0.05) is 11.5 Å². The van der Waals surface area contributed by atoms with Gasteiger partial charge in [0.2, 0.25) is 0 Å². The highest BCUT2D eigenvalue weighted by atomic mass is 79.9. The Labute approximate surface area is 78.9 Å². The maximum Gasteiger partial charge on any atom is 0.151 e. The number of anilines is 1. The minimum absolute atomic E-state index is 0.330. The molecule has 4 heteroatoms. The Balaban J connectivity index is 3.24. The zero-order valence-corrected chi connectivity index (χ0v) is 8.40. The van der Waals surface area contributed by atoms with Gasteiger partial charge in [-0.15, -0.1) is 0 Å². The molecule has 2 nitrogen and oxygen atoms in total. The Morgan fingerprint density at radius 3 is 2.67 bits per heavy atom. The Hall–Kier alpha value is -0.770. The topological polar surface area (TPSA) is 21.3 Å². The summed E-state index contributed by atoms with van der Waals surface area (Å²) in [5, 5.41) is 2.72. The van der Waals surface area contributed by atoms with Crippen molar-refractivity contribution in [3.8, 4) is 5.75 Å². The van der Waals surface area contributed by atoms with Gasteiger partial charge < -0.3 is 10.1 Å². The molecule has 0 saturated carbocycles. The number of halogens is 2. The third-order valence-electron chi connectivity index (χ3n) is 1.49. The fourth-order valence-corrected chi connectivity index (χ4v) is 1.36. The van der Waals surface area contributed by atoms with Gasteiger partial charge >= 0.3 is 0 Å². The summed E-state index contributed by atoms with van der Waals surface area (Å²) in [6, 6.07) is 3.09. The van der Waals surface area contributed by atoms with Crippen LogP contribution in [0.2, 0.25) is 0 Å². The first kappa shape index (κ1) is 9.32. The molecule has 12 heavy (non-hydrogen) atoms. The molecule has 0 unspecified atom stereocenters. The Kier molecular flexibility index (Phi) is 2.92. The van der Waals surface area contributed by atoms with E-state index in [2.05, 4.69) is 21.2 Å². The molecular weight excluding hydrogens is 225 g/mol. The number of hydrogen-bond donors (Lipinski definition) is 1. The molecule has 0 heterocycles. The van der Waals surface area contributed by atoms with Gasteiger partial charge in [-0.25, -0.2) is 4.39 Å². The zero-order chi connectivity index (χ0) is 9.14. The maximum absolute atomic E-state index is 13.1. The van der Waals surface area contributed by atoms with Gasteiger partial charge in [-0.05, 0) is 12.1 Å². The molecule has 0 aliphatic rings. The van der Waals surface area contributed by atoms with Crippen LogP contribution in [0.5, 0.6) is 5.75 Å². The van der Waals surface area contributed by atoms with E-state index in [9.17, 15) is 4.39 Å². The Bertz CT molecular complexity index is 291. The third-order valence-corrected chi connectivity index (χ3v) is 1.95. The van der Waals surface area contributed by atoms with Crippen LogP contribution in [0, 0.1) is 5.82 Å². The summed E-state index contributed by atoms with van der Waals surface area (Å²) < 4.78 is 18.8. The van der Waals surface area contributed by atoms with Crippen molar-refractivity contribution in [3.63, 3.8) is 0 Å². The highest BCUT2D eigenvalue weighted by Gasteiger charge is 2.08. The summed E-state index contributed by atoms with van der Waals surface area (Å²) in [4.78, 5) is 0. The molecule has 1 aromatic rings. The van der Waals surface area contributed by atoms with Crippen LogP contribution in [0.3, 0.4) is 0 Å². The number of ether oxygens (including phenoxy) is 1. The van der Waals surface area contributed by atoms with Crippen LogP contribution in [0.25, 0.3) is 0 Å². The van der Waals surface area contributed by atoms with E-state index in [4.69, 9.17) is 4.74 Å². The maximum atomic E-state index is 13.1. The molecule has 0 aromatic heterocycles. The fourth-order valence-electron chi connectivity index (χ4n) is 0.954.